The minimum atomic E-state index is -0.559. The number of unbranched alkanes of at least 4 members (excludes halogenated alkanes) is 1. The lowest BCUT2D eigenvalue weighted by Crippen LogP contribution is -2.31. The first-order chi connectivity index (χ1) is 18.0. The van der Waals surface area contributed by atoms with Gasteiger partial charge in [-0.15, -0.1) is 0 Å². The predicted molar refractivity (Wildman–Crippen MR) is 144 cm³/mol. The van der Waals surface area contributed by atoms with Crippen LogP contribution in [0.4, 0.5) is 0 Å². The van der Waals surface area contributed by atoms with Gasteiger partial charge in [0.2, 0.25) is 5.76 Å². The monoisotopic (exact) mass is 497 g/mol. The van der Waals surface area contributed by atoms with Gasteiger partial charge in [-0.1, -0.05) is 49.2 Å². The van der Waals surface area contributed by atoms with Gasteiger partial charge in [-0.3, -0.25) is 9.59 Å². The first-order valence-corrected chi connectivity index (χ1v) is 12.7. The van der Waals surface area contributed by atoms with Gasteiger partial charge in [-0.05, 0) is 67.3 Å². The Bertz CT molecular complexity index is 1490. The smallest absolute Gasteiger partial charge is 0.290 e. The molecule has 0 radical (unpaired) electrons. The topological polar surface area (TPSA) is 69.0 Å². The lowest BCUT2D eigenvalue weighted by atomic mass is 9.97. The van der Waals surface area contributed by atoms with Crippen molar-refractivity contribution in [1.82, 2.24) is 4.90 Å². The number of carbonyl (C=O) groups excluding carboxylic acids is 1. The molecule has 0 saturated carbocycles. The molecule has 1 aromatic heterocycles. The maximum absolute atomic E-state index is 13.8. The molecule has 6 nitrogen and oxygen atoms in total. The van der Waals surface area contributed by atoms with Crippen LogP contribution in [0.25, 0.3) is 11.0 Å². The van der Waals surface area contributed by atoms with Crippen molar-refractivity contribution in [2.24, 2.45) is 0 Å². The normalized spacial score (nSPS) is 14.7. The van der Waals surface area contributed by atoms with E-state index in [9.17, 15) is 9.59 Å². The van der Waals surface area contributed by atoms with Crippen molar-refractivity contribution in [1.29, 1.82) is 0 Å². The number of fused-ring (bicyclic) bond motifs is 2. The van der Waals surface area contributed by atoms with Crippen molar-refractivity contribution in [3.63, 3.8) is 0 Å². The van der Waals surface area contributed by atoms with E-state index in [-0.39, 0.29) is 17.1 Å². The van der Waals surface area contributed by atoms with Gasteiger partial charge in [-0.2, -0.15) is 0 Å². The number of hydrogen-bond donors (Lipinski definition) is 0. The van der Waals surface area contributed by atoms with Gasteiger partial charge in [-0.25, -0.2) is 0 Å². The van der Waals surface area contributed by atoms with Gasteiger partial charge < -0.3 is 18.8 Å². The fraction of sp³-hybridized carbons (Fsp3) is 0.290. The van der Waals surface area contributed by atoms with Gasteiger partial charge in [0.1, 0.15) is 17.1 Å². The van der Waals surface area contributed by atoms with E-state index in [0.717, 1.165) is 41.0 Å². The van der Waals surface area contributed by atoms with E-state index in [1.165, 1.54) is 0 Å². The second-order valence-corrected chi connectivity index (χ2v) is 9.45. The first kappa shape index (κ1) is 24.6. The van der Waals surface area contributed by atoms with E-state index in [2.05, 4.69) is 6.92 Å². The number of ether oxygens (including phenoxy) is 2. The fourth-order valence-corrected chi connectivity index (χ4v) is 4.86. The standard InChI is InChI=1S/C31H31NO5/c1-4-5-17-36-24-8-6-7-22(19-24)28-27-29(33)25-18-20(2)9-14-26(25)37-30(27)31(34)32(28)16-15-21-10-12-23(35-3)13-11-21/h6-14,18-19,28H,4-5,15-17H2,1-3H3. The van der Waals surface area contributed by atoms with Crippen molar-refractivity contribution in [3.05, 3.63) is 105 Å². The quantitative estimate of drug-likeness (QED) is 0.262. The number of aryl methyl sites for hydroxylation is 1. The average molecular weight is 498 g/mol. The third-order valence-corrected chi connectivity index (χ3v) is 6.86. The Labute approximate surface area is 216 Å². The van der Waals surface area contributed by atoms with Crippen LogP contribution in [0.1, 0.15) is 58.6 Å². The molecule has 190 valence electrons. The van der Waals surface area contributed by atoms with Gasteiger partial charge in [0.15, 0.2) is 5.43 Å². The van der Waals surface area contributed by atoms with Crippen LogP contribution in [-0.4, -0.2) is 31.1 Å². The highest BCUT2D eigenvalue weighted by Gasteiger charge is 2.42. The largest absolute Gasteiger partial charge is 0.497 e. The first-order valence-electron chi connectivity index (χ1n) is 12.7. The number of hydrogen-bond acceptors (Lipinski definition) is 5. The Morgan fingerprint density at radius 3 is 2.54 bits per heavy atom. The molecule has 37 heavy (non-hydrogen) atoms. The Hall–Kier alpha value is -4.06. The Morgan fingerprint density at radius 1 is 0.973 bits per heavy atom. The van der Waals surface area contributed by atoms with E-state index in [4.69, 9.17) is 13.9 Å². The molecule has 1 unspecified atom stereocenters. The average Bonchev–Trinajstić information content (AvgIpc) is 3.20. The maximum atomic E-state index is 13.8. The zero-order valence-corrected chi connectivity index (χ0v) is 21.5. The van der Waals surface area contributed by atoms with Crippen molar-refractivity contribution >= 4 is 16.9 Å². The Morgan fingerprint density at radius 2 is 1.78 bits per heavy atom. The molecule has 1 atom stereocenters. The van der Waals surface area contributed by atoms with Crippen LogP contribution >= 0.6 is 0 Å². The van der Waals surface area contributed by atoms with Crippen molar-refractivity contribution in [3.8, 4) is 11.5 Å². The minimum Gasteiger partial charge on any atom is -0.497 e. The highest BCUT2D eigenvalue weighted by molar-refractivity contribution is 5.99. The van der Waals surface area contributed by atoms with E-state index < -0.39 is 6.04 Å². The van der Waals surface area contributed by atoms with E-state index in [1.54, 1.807) is 18.1 Å². The summed E-state index contributed by atoms with van der Waals surface area (Å²) in [4.78, 5) is 29.3. The highest BCUT2D eigenvalue weighted by atomic mass is 16.5. The Kier molecular flexibility index (Phi) is 6.99. The number of carbonyl (C=O) groups is 1. The summed E-state index contributed by atoms with van der Waals surface area (Å²) in [5.41, 5.74) is 3.51. The molecule has 0 saturated heterocycles. The van der Waals surface area contributed by atoms with Crippen LogP contribution < -0.4 is 14.9 Å². The molecule has 0 spiro atoms. The molecule has 1 amide bonds. The number of methoxy groups -OCH3 is 1. The second-order valence-electron chi connectivity index (χ2n) is 9.45. The molecule has 1 aliphatic heterocycles. The fourth-order valence-electron chi connectivity index (χ4n) is 4.86. The summed E-state index contributed by atoms with van der Waals surface area (Å²) in [5.74, 6) is 1.36. The molecule has 3 aromatic carbocycles. The number of rotatable bonds is 9. The molecule has 1 aliphatic rings. The maximum Gasteiger partial charge on any atom is 0.290 e. The molecule has 5 rings (SSSR count). The van der Waals surface area contributed by atoms with Crippen LogP contribution in [0.5, 0.6) is 11.5 Å². The van der Waals surface area contributed by atoms with Crippen molar-refractivity contribution < 1.29 is 18.7 Å². The summed E-state index contributed by atoms with van der Waals surface area (Å²) in [6, 6.07) is 20.4. The third-order valence-electron chi connectivity index (χ3n) is 6.86. The SMILES string of the molecule is CCCCOc1cccc(C2c3c(oc4ccc(C)cc4c3=O)C(=O)N2CCc2ccc(OC)cc2)c1. The van der Waals surface area contributed by atoms with E-state index in [1.807, 2.05) is 67.6 Å². The second kappa shape index (κ2) is 10.5. The molecule has 0 aliphatic carbocycles. The molecular formula is C31H31NO5. The van der Waals surface area contributed by atoms with Crippen LogP contribution in [0.15, 0.2) is 75.9 Å². The number of amides is 1. The lowest BCUT2D eigenvalue weighted by Gasteiger charge is -2.25. The van der Waals surface area contributed by atoms with Crippen LogP contribution in [0, 0.1) is 6.92 Å². The summed E-state index contributed by atoms with van der Waals surface area (Å²) in [6.07, 6.45) is 2.62. The van der Waals surface area contributed by atoms with Crippen molar-refractivity contribution in [2.45, 2.75) is 39.2 Å². The molecule has 6 heteroatoms. The van der Waals surface area contributed by atoms with Gasteiger partial charge >= 0.3 is 0 Å². The van der Waals surface area contributed by atoms with Crippen molar-refractivity contribution in [2.75, 3.05) is 20.3 Å². The zero-order valence-electron chi connectivity index (χ0n) is 21.5. The molecule has 0 N–H and O–H groups in total. The summed E-state index contributed by atoms with van der Waals surface area (Å²) >= 11 is 0. The summed E-state index contributed by atoms with van der Waals surface area (Å²) in [6.45, 7) is 5.10. The lowest BCUT2D eigenvalue weighted by molar-refractivity contribution is 0.0729. The number of benzene rings is 3. The molecule has 2 heterocycles. The summed E-state index contributed by atoms with van der Waals surface area (Å²) in [7, 11) is 1.63. The number of nitrogens with zero attached hydrogens (tertiary/aromatic N) is 1. The molecular weight excluding hydrogens is 466 g/mol. The van der Waals surface area contributed by atoms with Crippen LogP contribution in [-0.2, 0) is 6.42 Å². The van der Waals surface area contributed by atoms with Crippen LogP contribution in [0.3, 0.4) is 0 Å². The third kappa shape index (κ3) is 4.84. The molecule has 0 bridgehead atoms. The van der Waals surface area contributed by atoms with E-state index >= 15 is 0 Å². The summed E-state index contributed by atoms with van der Waals surface area (Å²) in [5, 5.41) is 0.490. The Balaban J connectivity index is 1.57. The van der Waals surface area contributed by atoms with Gasteiger partial charge in [0.25, 0.3) is 5.91 Å². The zero-order chi connectivity index (χ0) is 25.9. The summed E-state index contributed by atoms with van der Waals surface area (Å²) < 4.78 is 17.3. The predicted octanol–water partition coefficient (Wildman–Crippen LogP) is 6.08. The molecule has 4 aromatic rings. The van der Waals surface area contributed by atoms with Crippen LogP contribution in [0.2, 0.25) is 0 Å². The van der Waals surface area contributed by atoms with E-state index in [0.29, 0.717) is 36.1 Å². The highest BCUT2D eigenvalue weighted by Crippen LogP contribution is 2.39. The minimum absolute atomic E-state index is 0.124. The molecule has 0 fully saturated rings. The van der Waals surface area contributed by atoms with Gasteiger partial charge in [0, 0.05) is 6.54 Å². The van der Waals surface area contributed by atoms with Gasteiger partial charge in [0.05, 0.1) is 30.7 Å².